The van der Waals surface area contributed by atoms with Crippen LogP contribution in [0.5, 0.6) is 0 Å². The Morgan fingerprint density at radius 1 is 0.947 bits per heavy atom. The second-order valence-corrected chi connectivity index (χ2v) is 5.41. The molecule has 0 saturated heterocycles. The van der Waals surface area contributed by atoms with E-state index in [4.69, 9.17) is 23.2 Å². The summed E-state index contributed by atoms with van der Waals surface area (Å²) in [6.07, 6.45) is 0. The van der Waals surface area contributed by atoms with Gasteiger partial charge in [-0.3, -0.25) is 0 Å². The fraction of sp³-hybridized carbons (Fsp3) is 0.200. The van der Waals surface area contributed by atoms with Crippen molar-refractivity contribution in [2.45, 2.75) is 20.4 Å². The van der Waals surface area contributed by atoms with Gasteiger partial charge in [0, 0.05) is 6.54 Å². The van der Waals surface area contributed by atoms with Gasteiger partial charge in [0.1, 0.15) is 5.82 Å². The Balaban J connectivity index is 2.19. The van der Waals surface area contributed by atoms with Crippen LogP contribution in [0, 0.1) is 19.7 Å². The van der Waals surface area contributed by atoms with Crippen molar-refractivity contribution in [3.05, 3.63) is 62.9 Å². The zero-order chi connectivity index (χ0) is 14.0. The Bertz CT molecular complexity index is 568. The molecule has 1 N–H and O–H groups in total. The lowest BCUT2D eigenvalue weighted by Crippen LogP contribution is -2.02. The number of rotatable bonds is 3. The third kappa shape index (κ3) is 3.62. The minimum atomic E-state index is -0.438. The number of halogens is 3. The number of anilines is 1. The Kier molecular flexibility index (Phi) is 4.33. The maximum Gasteiger partial charge on any atom is 0.126 e. The molecule has 2 aromatic rings. The van der Waals surface area contributed by atoms with Gasteiger partial charge in [-0.05, 0) is 31.5 Å². The van der Waals surface area contributed by atoms with Crippen molar-refractivity contribution in [2.24, 2.45) is 0 Å². The van der Waals surface area contributed by atoms with Crippen LogP contribution < -0.4 is 5.32 Å². The van der Waals surface area contributed by atoms with Crippen LogP contribution >= 0.6 is 23.2 Å². The highest BCUT2D eigenvalue weighted by molar-refractivity contribution is 6.39. The van der Waals surface area contributed by atoms with Crippen LogP contribution in [0.2, 0.25) is 10.0 Å². The average Bonchev–Trinajstić information content (AvgIpc) is 2.25. The Labute approximate surface area is 122 Å². The molecule has 0 aliphatic rings. The van der Waals surface area contributed by atoms with Crippen LogP contribution in [0.3, 0.4) is 0 Å². The van der Waals surface area contributed by atoms with Gasteiger partial charge in [0.15, 0.2) is 0 Å². The van der Waals surface area contributed by atoms with Crippen molar-refractivity contribution in [1.29, 1.82) is 0 Å². The van der Waals surface area contributed by atoms with Crippen LogP contribution in [0.4, 0.5) is 10.1 Å². The smallest absolute Gasteiger partial charge is 0.126 e. The van der Waals surface area contributed by atoms with E-state index in [1.54, 1.807) is 0 Å². The molecule has 100 valence electrons. The summed E-state index contributed by atoms with van der Waals surface area (Å²) < 4.78 is 13.1. The van der Waals surface area contributed by atoms with Crippen molar-refractivity contribution in [1.82, 2.24) is 0 Å². The predicted octanol–water partition coefficient (Wildman–Crippen LogP) is 5.36. The summed E-state index contributed by atoms with van der Waals surface area (Å²) in [4.78, 5) is 0. The molecule has 0 radical (unpaired) electrons. The SMILES string of the molecule is Cc1cc(C)cc(CNc2c(Cl)cc(F)cc2Cl)c1. The van der Waals surface area contributed by atoms with Crippen molar-refractivity contribution in [3.63, 3.8) is 0 Å². The molecule has 2 aromatic carbocycles. The zero-order valence-corrected chi connectivity index (χ0v) is 12.2. The predicted molar refractivity (Wildman–Crippen MR) is 79.7 cm³/mol. The average molecular weight is 298 g/mol. The van der Waals surface area contributed by atoms with Crippen molar-refractivity contribution >= 4 is 28.9 Å². The molecule has 0 aliphatic heterocycles. The molecule has 4 heteroatoms. The first-order valence-corrected chi connectivity index (χ1v) is 6.67. The highest BCUT2D eigenvalue weighted by Gasteiger charge is 2.08. The summed E-state index contributed by atoms with van der Waals surface area (Å²) in [7, 11) is 0. The van der Waals surface area contributed by atoms with Gasteiger partial charge in [0.25, 0.3) is 0 Å². The fourth-order valence-corrected chi connectivity index (χ4v) is 2.67. The summed E-state index contributed by atoms with van der Waals surface area (Å²) in [5.41, 5.74) is 4.10. The van der Waals surface area contributed by atoms with E-state index in [0.29, 0.717) is 12.2 Å². The normalized spacial score (nSPS) is 10.6. The third-order valence-corrected chi connectivity index (χ3v) is 3.35. The number of hydrogen-bond acceptors (Lipinski definition) is 1. The zero-order valence-electron chi connectivity index (χ0n) is 10.7. The molecule has 1 nitrogen and oxygen atoms in total. The quantitative estimate of drug-likeness (QED) is 0.804. The van der Waals surface area contributed by atoms with Crippen molar-refractivity contribution in [2.75, 3.05) is 5.32 Å². The van der Waals surface area contributed by atoms with E-state index in [-0.39, 0.29) is 10.0 Å². The van der Waals surface area contributed by atoms with Gasteiger partial charge in [-0.1, -0.05) is 52.5 Å². The standard InChI is InChI=1S/C15H14Cl2FN/c1-9-3-10(2)5-11(4-9)8-19-15-13(16)6-12(18)7-14(15)17/h3-7,19H,8H2,1-2H3. The van der Waals surface area contributed by atoms with E-state index < -0.39 is 5.82 Å². The first-order valence-electron chi connectivity index (χ1n) is 5.91. The molecule has 0 spiro atoms. The number of nitrogens with one attached hydrogen (secondary N) is 1. The van der Waals surface area contributed by atoms with Gasteiger partial charge in [-0.15, -0.1) is 0 Å². The molecule has 0 saturated carbocycles. The molecular weight excluding hydrogens is 284 g/mol. The summed E-state index contributed by atoms with van der Waals surface area (Å²) in [5, 5.41) is 3.72. The van der Waals surface area contributed by atoms with E-state index in [2.05, 4.69) is 23.5 Å². The van der Waals surface area contributed by atoms with Gasteiger partial charge >= 0.3 is 0 Å². The first kappa shape index (κ1) is 14.2. The molecule has 0 aromatic heterocycles. The summed E-state index contributed by atoms with van der Waals surface area (Å²) in [5.74, 6) is -0.438. The molecule has 0 aliphatic carbocycles. The molecule has 0 atom stereocenters. The molecule has 0 heterocycles. The number of aryl methyl sites for hydroxylation is 2. The number of hydrogen-bond donors (Lipinski definition) is 1. The lowest BCUT2D eigenvalue weighted by Gasteiger charge is -2.11. The summed E-state index contributed by atoms with van der Waals surface area (Å²) in [6, 6.07) is 8.78. The monoisotopic (exact) mass is 297 g/mol. The maximum atomic E-state index is 13.1. The van der Waals surface area contributed by atoms with Crippen LogP contribution in [0.1, 0.15) is 16.7 Å². The Morgan fingerprint density at radius 2 is 1.47 bits per heavy atom. The molecule has 0 bridgehead atoms. The minimum absolute atomic E-state index is 0.286. The van der Waals surface area contributed by atoms with E-state index in [9.17, 15) is 4.39 Å². The second-order valence-electron chi connectivity index (χ2n) is 4.59. The molecular formula is C15H14Cl2FN. The van der Waals surface area contributed by atoms with E-state index in [1.807, 2.05) is 13.8 Å². The summed E-state index contributed by atoms with van der Waals surface area (Å²) in [6.45, 7) is 4.69. The fourth-order valence-electron chi connectivity index (χ4n) is 2.07. The van der Waals surface area contributed by atoms with Gasteiger partial charge in [0.2, 0.25) is 0 Å². The summed E-state index contributed by atoms with van der Waals surface area (Å²) >= 11 is 12.0. The molecule has 19 heavy (non-hydrogen) atoms. The maximum absolute atomic E-state index is 13.1. The van der Waals surface area contributed by atoms with Crippen LogP contribution in [-0.4, -0.2) is 0 Å². The van der Waals surface area contributed by atoms with Gasteiger partial charge in [-0.2, -0.15) is 0 Å². The van der Waals surface area contributed by atoms with E-state index in [1.165, 1.54) is 23.3 Å². The third-order valence-electron chi connectivity index (χ3n) is 2.76. The first-order chi connectivity index (χ1) is 8.95. The Morgan fingerprint density at radius 3 is 2.00 bits per heavy atom. The van der Waals surface area contributed by atoms with Crippen LogP contribution in [0.15, 0.2) is 30.3 Å². The van der Waals surface area contributed by atoms with Gasteiger partial charge < -0.3 is 5.32 Å². The molecule has 0 unspecified atom stereocenters. The Hall–Kier alpha value is -1.25. The topological polar surface area (TPSA) is 12.0 Å². The lowest BCUT2D eigenvalue weighted by atomic mass is 10.1. The van der Waals surface area contributed by atoms with E-state index >= 15 is 0 Å². The highest BCUT2D eigenvalue weighted by atomic mass is 35.5. The number of benzene rings is 2. The lowest BCUT2D eigenvalue weighted by molar-refractivity contribution is 0.628. The largest absolute Gasteiger partial charge is 0.379 e. The highest BCUT2D eigenvalue weighted by Crippen LogP contribution is 2.31. The minimum Gasteiger partial charge on any atom is -0.379 e. The van der Waals surface area contributed by atoms with Gasteiger partial charge in [-0.25, -0.2) is 4.39 Å². The molecule has 2 rings (SSSR count). The van der Waals surface area contributed by atoms with E-state index in [0.717, 1.165) is 5.56 Å². The van der Waals surface area contributed by atoms with Crippen LogP contribution in [0.25, 0.3) is 0 Å². The second kappa shape index (κ2) is 5.81. The van der Waals surface area contributed by atoms with Gasteiger partial charge in [0.05, 0.1) is 15.7 Å². The van der Waals surface area contributed by atoms with Crippen molar-refractivity contribution < 1.29 is 4.39 Å². The molecule has 0 amide bonds. The van der Waals surface area contributed by atoms with Crippen molar-refractivity contribution in [3.8, 4) is 0 Å². The van der Waals surface area contributed by atoms with Crippen LogP contribution in [-0.2, 0) is 6.54 Å². The molecule has 0 fully saturated rings.